The van der Waals surface area contributed by atoms with Gasteiger partial charge in [-0.15, -0.1) is 0 Å². The van der Waals surface area contributed by atoms with E-state index in [0.717, 1.165) is 49.4 Å². The second-order valence-electron chi connectivity index (χ2n) is 8.25. The second-order valence-corrected chi connectivity index (χ2v) is 8.66. The third-order valence-electron chi connectivity index (χ3n) is 6.73. The number of halogens is 1. The maximum atomic E-state index is 10.0. The van der Waals surface area contributed by atoms with E-state index in [1.54, 1.807) is 13.2 Å². The van der Waals surface area contributed by atoms with Crippen molar-refractivity contribution < 1.29 is 9.84 Å². The van der Waals surface area contributed by atoms with Crippen LogP contribution in [0.1, 0.15) is 43.5 Å². The lowest BCUT2D eigenvalue weighted by Gasteiger charge is -2.42. The molecule has 1 aliphatic carbocycles. The van der Waals surface area contributed by atoms with E-state index < -0.39 is 0 Å². The number of rotatable bonds is 4. The number of nitrogens with zero attached hydrogens (tertiary/aromatic N) is 3. The minimum Gasteiger partial charge on any atom is -0.494 e. The molecule has 0 bridgehead atoms. The van der Waals surface area contributed by atoms with E-state index in [1.165, 1.54) is 12.8 Å². The van der Waals surface area contributed by atoms with Crippen LogP contribution in [0.15, 0.2) is 18.2 Å². The number of piperidine rings is 1. The van der Waals surface area contributed by atoms with Gasteiger partial charge in [-0.2, -0.15) is 0 Å². The highest BCUT2D eigenvalue weighted by molar-refractivity contribution is 6.32. The first kappa shape index (κ1) is 20.4. The average Bonchev–Trinajstić information content (AvgIpc) is 3.08. The number of aliphatic hydroxyl groups excluding tert-OH is 1. The summed E-state index contributed by atoms with van der Waals surface area (Å²) in [6.07, 6.45) is 5.75. The van der Waals surface area contributed by atoms with Gasteiger partial charge < -0.3 is 20.5 Å². The molecule has 2 aliphatic rings. The highest BCUT2D eigenvalue weighted by atomic mass is 35.5. The van der Waals surface area contributed by atoms with Crippen molar-refractivity contribution in [1.82, 2.24) is 9.97 Å². The fraction of sp³-hybridized carbons (Fsp3) is 0.545. The van der Waals surface area contributed by atoms with Gasteiger partial charge in [0, 0.05) is 24.7 Å². The summed E-state index contributed by atoms with van der Waals surface area (Å²) in [5.41, 5.74) is 9.54. The van der Waals surface area contributed by atoms with Gasteiger partial charge in [-0.05, 0) is 50.2 Å². The average molecular weight is 417 g/mol. The summed E-state index contributed by atoms with van der Waals surface area (Å²) in [6.45, 7) is 3.56. The van der Waals surface area contributed by atoms with Crippen LogP contribution in [-0.4, -0.2) is 41.3 Å². The van der Waals surface area contributed by atoms with Gasteiger partial charge in [-0.3, -0.25) is 0 Å². The molecule has 29 heavy (non-hydrogen) atoms. The molecule has 0 radical (unpaired) electrons. The van der Waals surface area contributed by atoms with Gasteiger partial charge in [0.1, 0.15) is 11.4 Å². The third-order valence-corrected chi connectivity index (χ3v) is 7.03. The predicted molar refractivity (Wildman–Crippen MR) is 115 cm³/mol. The first-order valence-electron chi connectivity index (χ1n) is 10.3. The molecular weight excluding hydrogens is 388 g/mol. The number of para-hydroxylation sites is 1. The van der Waals surface area contributed by atoms with Crippen LogP contribution in [0.25, 0.3) is 11.3 Å². The lowest BCUT2D eigenvalue weighted by molar-refractivity contribution is 0.196. The van der Waals surface area contributed by atoms with E-state index in [0.29, 0.717) is 28.2 Å². The SMILES string of the molecule is COc1c(Cl)cccc1-c1nc(CO)c(N2CCC3(CCC[C@H]3N)CC2)nc1C. The molecule has 1 saturated carbocycles. The van der Waals surface area contributed by atoms with Gasteiger partial charge in [-0.1, -0.05) is 24.1 Å². The Balaban J connectivity index is 1.65. The molecule has 1 spiro atoms. The molecular formula is C22H29ClN4O2. The maximum absolute atomic E-state index is 10.0. The lowest BCUT2D eigenvalue weighted by Crippen LogP contribution is -2.47. The van der Waals surface area contributed by atoms with Crippen LogP contribution in [0, 0.1) is 12.3 Å². The van der Waals surface area contributed by atoms with Crippen molar-refractivity contribution in [2.75, 3.05) is 25.1 Å². The number of aryl methyl sites for hydroxylation is 1. The van der Waals surface area contributed by atoms with Crippen molar-refractivity contribution in [3.05, 3.63) is 34.6 Å². The molecule has 7 heteroatoms. The number of hydrogen-bond acceptors (Lipinski definition) is 6. The number of aliphatic hydroxyl groups is 1. The number of nitrogens with two attached hydrogens (primary N) is 1. The Morgan fingerprint density at radius 2 is 2.03 bits per heavy atom. The Kier molecular flexibility index (Phi) is 5.69. The summed E-state index contributed by atoms with van der Waals surface area (Å²) in [7, 11) is 1.59. The molecule has 1 aromatic carbocycles. The molecule has 2 aromatic rings. The largest absolute Gasteiger partial charge is 0.494 e. The smallest absolute Gasteiger partial charge is 0.153 e. The van der Waals surface area contributed by atoms with Crippen LogP contribution < -0.4 is 15.4 Å². The summed E-state index contributed by atoms with van der Waals surface area (Å²) in [5, 5.41) is 10.6. The van der Waals surface area contributed by atoms with Crippen LogP contribution in [0.5, 0.6) is 5.75 Å². The van der Waals surface area contributed by atoms with Gasteiger partial charge in [0.15, 0.2) is 5.82 Å². The van der Waals surface area contributed by atoms with Crippen molar-refractivity contribution in [2.24, 2.45) is 11.1 Å². The lowest BCUT2D eigenvalue weighted by atomic mass is 9.74. The predicted octanol–water partition coefficient (Wildman–Crippen LogP) is 3.70. The highest BCUT2D eigenvalue weighted by Gasteiger charge is 2.43. The summed E-state index contributed by atoms with van der Waals surface area (Å²) in [5.74, 6) is 1.34. The van der Waals surface area contributed by atoms with E-state index in [4.69, 9.17) is 32.0 Å². The zero-order valence-electron chi connectivity index (χ0n) is 17.1. The fourth-order valence-electron chi connectivity index (χ4n) is 5.01. The van der Waals surface area contributed by atoms with Crippen LogP contribution in [0.3, 0.4) is 0 Å². The normalized spacial score (nSPS) is 21.0. The van der Waals surface area contributed by atoms with Crippen LogP contribution >= 0.6 is 11.6 Å². The Hall–Kier alpha value is -1.89. The number of benzene rings is 1. The van der Waals surface area contributed by atoms with Crippen LogP contribution in [0.4, 0.5) is 5.82 Å². The fourth-order valence-corrected chi connectivity index (χ4v) is 5.26. The standard InChI is InChI=1S/C22H29ClN4O2/c1-14-19(15-5-3-6-16(23)20(15)29-2)26-17(13-28)21(25-14)27-11-9-22(10-12-27)8-4-7-18(22)24/h3,5-6,18,28H,4,7-13,24H2,1-2H3/t18-/m1/s1. The van der Waals surface area contributed by atoms with E-state index in [-0.39, 0.29) is 12.0 Å². The minimum absolute atomic E-state index is 0.167. The molecule has 3 N–H and O–H groups in total. The zero-order valence-corrected chi connectivity index (χ0v) is 17.9. The highest BCUT2D eigenvalue weighted by Crippen LogP contribution is 2.46. The Labute approximate surface area is 177 Å². The van der Waals surface area contributed by atoms with Crippen molar-refractivity contribution in [3.63, 3.8) is 0 Å². The first-order valence-corrected chi connectivity index (χ1v) is 10.7. The molecule has 0 amide bonds. The molecule has 156 valence electrons. The monoisotopic (exact) mass is 416 g/mol. The summed E-state index contributed by atoms with van der Waals surface area (Å²) in [6, 6.07) is 5.87. The molecule has 1 saturated heterocycles. The van der Waals surface area contributed by atoms with Gasteiger partial charge in [0.05, 0.1) is 30.1 Å². The summed E-state index contributed by atoms with van der Waals surface area (Å²) >= 11 is 6.29. The molecule has 1 aromatic heterocycles. The van der Waals surface area contributed by atoms with Gasteiger partial charge in [0.25, 0.3) is 0 Å². The van der Waals surface area contributed by atoms with Crippen molar-refractivity contribution in [3.8, 4) is 17.0 Å². The Morgan fingerprint density at radius 1 is 1.28 bits per heavy atom. The summed E-state index contributed by atoms with van der Waals surface area (Å²) < 4.78 is 5.48. The Bertz CT molecular complexity index is 897. The Morgan fingerprint density at radius 3 is 2.66 bits per heavy atom. The van der Waals surface area contributed by atoms with E-state index in [9.17, 15) is 5.11 Å². The van der Waals surface area contributed by atoms with Crippen molar-refractivity contribution >= 4 is 17.4 Å². The van der Waals surface area contributed by atoms with Gasteiger partial charge in [0.2, 0.25) is 0 Å². The zero-order chi connectivity index (χ0) is 20.6. The molecule has 0 unspecified atom stereocenters. The quantitative estimate of drug-likeness (QED) is 0.790. The van der Waals surface area contributed by atoms with Crippen LogP contribution in [0.2, 0.25) is 5.02 Å². The van der Waals surface area contributed by atoms with Crippen LogP contribution in [-0.2, 0) is 6.61 Å². The second kappa shape index (κ2) is 8.09. The third kappa shape index (κ3) is 3.58. The molecule has 1 aliphatic heterocycles. The van der Waals surface area contributed by atoms with E-state index in [2.05, 4.69) is 4.90 Å². The van der Waals surface area contributed by atoms with E-state index >= 15 is 0 Å². The topological polar surface area (TPSA) is 84.5 Å². The number of methoxy groups -OCH3 is 1. The number of anilines is 1. The molecule has 6 nitrogen and oxygen atoms in total. The van der Waals surface area contributed by atoms with E-state index in [1.807, 2.05) is 19.1 Å². The minimum atomic E-state index is -0.167. The molecule has 4 rings (SSSR count). The van der Waals surface area contributed by atoms with Gasteiger partial charge >= 0.3 is 0 Å². The number of hydrogen-bond donors (Lipinski definition) is 2. The summed E-state index contributed by atoms with van der Waals surface area (Å²) in [4.78, 5) is 11.9. The molecule has 2 fully saturated rings. The molecule has 2 heterocycles. The number of ether oxygens (including phenoxy) is 1. The van der Waals surface area contributed by atoms with Crippen molar-refractivity contribution in [1.29, 1.82) is 0 Å². The molecule has 1 atom stereocenters. The first-order chi connectivity index (χ1) is 14.0. The maximum Gasteiger partial charge on any atom is 0.153 e. The number of aromatic nitrogens is 2. The van der Waals surface area contributed by atoms with Gasteiger partial charge in [-0.25, -0.2) is 9.97 Å². The van der Waals surface area contributed by atoms with Crippen molar-refractivity contribution in [2.45, 2.75) is 51.7 Å².